The van der Waals surface area contributed by atoms with Crippen molar-refractivity contribution in [3.8, 4) is 39.2 Å². The van der Waals surface area contributed by atoms with Crippen LogP contribution in [0.15, 0.2) is 170 Å². The van der Waals surface area contributed by atoms with Gasteiger partial charge in [0, 0.05) is 39.0 Å². The lowest BCUT2D eigenvalue weighted by atomic mass is 9.97. The molecule has 0 N–H and O–H groups in total. The summed E-state index contributed by atoms with van der Waals surface area (Å²) in [6.45, 7) is 0. The minimum atomic E-state index is 0.869. The molecular formula is C47H29N3. The quantitative estimate of drug-likeness (QED) is 0.142. The molecule has 1 aliphatic carbocycles. The van der Waals surface area contributed by atoms with Crippen molar-refractivity contribution in [2.45, 2.75) is 0 Å². The van der Waals surface area contributed by atoms with Gasteiger partial charge in [0.15, 0.2) is 0 Å². The lowest BCUT2D eigenvalue weighted by Gasteiger charge is -2.12. The molecular weight excluding hydrogens is 607 g/mol. The molecule has 0 aliphatic heterocycles. The number of hydrogen-bond acceptors (Lipinski definition) is 2. The van der Waals surface area contributed by atoms with Crippen molar-refractivity contribution < 1.29 is 0 Å². The lowest BCUT2D eigenvalue weighted by molar-refractivity contribution is 1.11. The van der Waals surface area contributed by atoms with Gasteiger partial charge in [-0.25, -0.2) is 4.98 Å². The van der Waals surface area contributed by atoms with Crippen LogP contribution in [0.5, 0.6) is 0 Å². The van der Waals surface area contributed by atoms with Crippen LogP contribution in [-0.4, -0.2) is 14.5 Å². The molecule has 1 aliphatic rings. The van der Waals surface area contributed by atoms with Crippen molar-refractivity contribution in [2.24, 2.45) is 0 Å². The minimum Gasteiger partial charge on any atom is -0.309 e. The average molecular weight is 636 g/mol. The van der Waals surface area contributed by atoms with Gasteiger partial charge in [-0.2, -0.15) is 0 Å². The molecule has 0 fully saturated rings. The second-order valence-corrected chi connectivity index (χ2v) is 12.7. The van der Waals surface area contributed by atoms with Crippen molar-refractivity contribution in [1.29, 1.82) is 0 Å². The standard InChI is InChI=1S/C47H29N3/c1-2-15-39-40-16-8-9-20-45(40)50(44(39)19-3-1)36-27-25-32(26-28-36)35-12-10-11-34(29-35)31-21-23-33(24-22-31)43-30-48-46-41-17-6-4-13-37(41)38-14-5-7-18-42(38)47(46)49-43/h1-2,4-30H. The molecule has 0 saturated heterocycles. The maximum atomic E-state index is 5.18. The van der Waals surface area contributed by atoms with E-state index >= 15 is 0 Å². The Morgan fingerprint density at radius 1 is 0.500 bits per heavy atom. The summed E-state index contributed by atoms with van der Waals surface area (Å²) >= 11 is 0. The van der Waals surface area contributed by atoms with Crippen LogP contribution in [-0.2, 0) is 0 Å². The molecule has 50 heavy (non-hydrogen) atoms. The number of rotatable bonds is 4. The summed E-state index contributed by atoms with van der Waals surface area (Å²) in [5.41, 5.74) is 16.5. The van der Waals surface area contributed by atoms with E-state index in [1.807, 2.05) is 12.3 Å². The summed E-state index contributed by atoms with van der Waals surface area (Å²) in [7, 11) is 0. The molecule has 232 valence electrons. The van der Waals surface area contributed by atoms with E-state index in [1.165, 1.54) is 43.9 Å². The van der Waals surface area contributed by atoms with Crippen molar-refractivity contribution in [2.75, 3.05) is 0 Å². The van der Waals surface area contributed by atoms with E-state index in [0.29, 0.717) is 0 Å². The molecule has 3 heteroatoms. The van der Waals surface area contributed by atoms with Gasteiger partial charge in [-0.15, -0.1) is 5.73 Å². The normalized spacial score (nSPS) is 12.2. The van der Waals surface area contributed by atoms with Gasteiger partial charge in [-0.3, -0.25) is 4.98 Å². The molecule has 0 radical (unpaired) electrons. The molecule has 7 aromatic carbocycles. The van der Waals surface area contributed by atoms with Gasteiger partial charge in [0.25, 0.3) is 0 Å². The fraction of sp³-hybridized carbons (Fsp3) is 0. The fourth-order valence-corrected chi connectivity index (χ4v) is 7.48. The summed E-state index contributed by atoms with van der Waals surface area (Å²) in [5, 5.41) is 5.90. The predicted molar refractivity (Wildman–Crippen MR) is 209 cm³/mol. The van der Waals surface area contributed by atoms with Crippen LogP contribution in [0.25, 0.3) is 94.8 Å². The van der Waals surface area contributed by atoms with Crippen LogP contribution in [0.1, 0.15) is 11.3 Å². The Morgan fingerprint density at radius 2 is 1.10 bits per heavy atom. The van der Waals surface area contributed by atoms with Gasteiger partial charge in [0.2, 0.25) is 0 Å². The van der Waals surface area contributed by atoms with Crippen LogP contribution in [0.3, 0.4) is 0 Å². The Labute approximate surface area is 289 Å². The van der Waals surface area contributed by atoms with Gasteiger partial charge < -0.3 is 4.57 Å². The minimum absolute atomic E-state index is 0.869. The molecule has 3 nitrogen and oxygen atoms in total. The third kappa shape index (κ3) is 4.53. The number of para-hydroxylation sites is 1. The number of aromatic nitrogens is 3. The smallest absolute Gasteiger partial charge is 0.0979 e. The first-order valence-electron chi connectivity index (χ1n) is 16.9. The first-order valence-corrected chi connectivity index (χ1v) is 16.9. The Balaban J connectivity index is 0.974. The summed E-state index contributed by atoms with van der Waals surface area (Å²) in [5.74, 6) is 0. The number of nitrogens with zero attached hydrogens (tertiary/aromatic N) is 3. The Hall–Kier alpha value is -6.80. The Kier molecular flexibility index (Phi) is 6.45. The molecule has 2 heterocycles. The van der Waals surface area contributed by atoms with Crippen molar-refractivity contribution in [1.82, 2.24) is 14.5 Å². The molecule has 2 aromatic heterocycles. The fourth-order valence-electron chi connectivity index (χ4n) is 7.48. The largest absolute Gasteiger partial charge is 0.309 e. The first kappa shape index (κ1) is 28.2. The Morgan fingerprint density at radius 3 is 1.82 bits per heavy atom. The van der Waals surface area contributed by atoms with Gasteiger partial charge >= 0.3 is 0 Å². The van der Waals surface area contributed by atoms with Crippen LogP contribution in [0.4, 0.5) is 0 Å². The summed E-state index contributed by atoms with van der Waals surface area (Å²) < 4.78 is 2.33. The third-order valence-electron chi connectivity index (χ3n) is 9.89. The molecule has 0 bridgehead atoms. The number of fused-ring (bicyclic) bond motifs is 9. The average Bonchev–Trinajstić information content (AvgIpc) is 3.31. The zero-order chi connectivity index (χ0) is 33.0. The van der Waals surface area contributed by atoms with E-state index in [0.717, 1.165) is 50.0 Å². The molecule has 0 saturated carbocycles. The predicted octanol–water partition coefficient (Wildman–Crippen LogP) is 12.1. The van der Waals surface area contributed by atoms with E-state index in [4.69, 9.17) is 9.97 Å². The van der Waals surface area contributed by atoms with Gasteiger partial charge in [-0.05, 0) is 63.4 Å². The molecule has 0 amide bonds. The summed E-state index contributed by atoms with van der Waals surface area (Å²) in [6.07, 6.45) is 10.2. The van der Waals surface area contributed by atoms with E-state index in [1.54, 1.807) is 0 Å². The van der Waals surface area contributed by atoms with E-state index < -0.39 is 0 Å². The highest BCUT2D eigenvalue weighted by Crippen LogP contribution is 2.36. The van der Waals surface area contributed by atoms with Crippen LogP contribution in [0, 0.1) is 0 Å². The zero-order valence-electron chi connectivity index (χ0n) is 27.1. The third-order valence-corrected chi connectivity index (χ3v) is 9.89. The monoisotopic (exact) mass is 635 g/mol. The SMILES string of the molecule is C1=CC=Cc2c(n(-c3ccc(-c4cccc(-c5ccc(-c6cnc7c8ccccc8c8ccccc8c7n6)cc5)c4)cc3)c3ccccc23)C=1. The van der Waals surface area contributed by atoms with Crippen LogP contribution < -0.4 is 0 Å². The first-order chi connectivity index (χ1) is 24.8. The molecule has 0 spiro atoms. The molecule has 0 unspecified atom stereocenters. The van der Waals surface area contributed by atoms with E-state index in [9.17, 15) is 0 Å². The van der Waals surface area contributed by atoms with Crippen molar-refractivity contribution in [3.63, 3.8) is 0 Å². The topological polar surface area (TPSA) is 30.7 Å². The number of allylic oxidation sites excluding steroid dienone is 2. The maximum Gasteiger partial charge on any atom is 0.0979 e. The summed E-state index contributed by atoms with van der Waals surface area (Å²) in [6, 6.07) is 51.8. The van der Waals surface area contributed by atoms with Crippen LogP contribution in [0.2, 0.25) is 0 Å². The second kappa shape index (κ2) is 11.4. The number of benzene rings is 7. The summed E-state index contributed by atoms with van der Waals surface area (Å²) in [4.78, 5) is 10.1. The zero-order valence-corrected chi connectivity index (χ0v) is 27.1. The number of hydrogen-bond donors (Lipinski definition) is 0. The maximum absolute atomic E-state index is 5.18. The van der Waals surface area contributed by atoms with Gasteiger partial charge in [0.1, 0.15) is 0 Å². The van der Waals surface area contributed by atoms with Crippen LogP contribution >= 0.6 is 0 Å². The lowest BCUT2D eigenvalue weighted by Crippen LogP contribution is -1.96. The molecule has 10 rings (SSSR count). The Bertz CT molecular complexity index is 2850. The highest BCUT2D eigenvalue weighted by atomic mass is 15.0. The molecule has 9 aromatic rings. The van der Waals surface area contributed by atoms with Crippen molar-refractivity contribution in [3.05, 3.63) is 181 Å². The molecule has 0 atom stereocenters. The highest BCUT2D eigenvalue weighted by molar-refractivity contribution is 6.23. The van der Waals surface area contributed by atoms with Gasteiger partial charge in [-0.1, -0.05) is 133 Å². The van der Waals surface area contributed by atoms with E-state index in [-0.39, 0.29) is 0 Å². The highest BCUT2D eigenvalue weighted by Gasteiger charge is 2.16. The second-order valence-electron chi connectivity index (χ2n) is 12.7. The van der Waals surface area contributed by atoms with Crippen molar-refractivity contribution >= 4 is 55.6 Å². The van der Waals surface area contributed by atoms with E-state index in [2.05, 4.69) is 174 Å². The van der Waals surface area contributed by atoms with Gasteiger partial charge in [0.05, 0.1) is 34.1 Å².